The highest BCUT2D eigenvalue weighted by Crippen LogP contribution is 2.16. The maximum atomic E-state index is 11.8. The van der Waals surface area contributed by atoms with Crippen molar-refractivity contribution in [1.29, 1.82) is 0 Å². The van der Waals surface area contributed by atoms with Crippen molar-refractivity contribution in [3.05, 3.63) is 79.9 Å². The van der Waals surface area contributed by atoms with Crippen LogP contribution in [0.25, 0.3) is 0 Å². The summed E-state index contributed by atoms with van der Waals surface area (Å²) in [5, 5.41) is 21.2. The van der Waals surface area contributed by atoms with E-state index in [1.807, 2.05) is 0 Å². The molecule has 2 rings (SSSR count). The third kappa shape index (κ3) is 3.63. The molecule has 8 nitrogen and oxygen atoms in total. The summed E-state index contributed by atoms with van der Waals surface area (Å²) >= 11 is 0. The van der Waals surface area contributed by atoms with Crippen molar-refractivity contribution in [3.63, 3.8) is 0 Å². The van der Waals surface area contributed by atoms with E-state index in [0.717, 1.165) is 6.07 Å². The Morgan fingerprint density at radius 2 is 1.59 bits per heavy atom. The monoisotopic (exact) mass is 302 g/mol. The molecule has 0 heterocycles. The van der Waals surface area contributed by atoms with Crippen molar-refractivity contribution >= 4 is 17.3 Å². The van der Waals surface area contributed by atoms with Gasteiger partial charge in [-0.3, -0.25) is 20.2 Å². The predicted octanol–water partition coefficient (Wildman–Crippen LogP) is 2.86. The minimum absolute atomic E-state index is 0.0613. The van der Waals surface area contributed by atoms with Gasteiger partial charge in [-0.2, -0.15) is 0 Å². The van der Waals surface area contributed by atoms with Crippen LogP contribution >= 0.6 is 0 Å². The van der Waals surface area contributed by atoms with Crippen molar-refractivity contribution in [1.82, 2.24) is 0 Å². The van der Waals surface area contributed by atoms with Crippen molar-refractivity contribution < 1.29 is 19.4 Å². The number of carbonyl (C=O) groups is 1. The first kappa shape index (κ1) is 15.1. The fourth-order valence-corrected chi connectivity index (χ4v) is 1.69. The second-order valence-corrected chi connectivity index (χ2v) is 4.31. The summed E-state index contributed by atoms with van der Waals surface area (Å²) in [6.45, 7) is -0.0838. The van der Waals surface area contributed by atoms with Crippen molar-refractivity contribution in [2.24, 2.45) is 0 Å². The number of esters is 1. The standard InChI is InChI=1S/C14H10N2O6/c17-14(11-2-1-3-13(8-11)16(20)21)22-9-10-4-6-12(7-5-10)15(18)19/h1-8H,9H2. The maximum Gasteiger partial charge on any atom is 0.338 e. The van der Waals surface area contributed by atoms with E-state index < -0.39 is 15.8 Å². The molecule has 8 heteroatoms. The zero-order valence-electron chi connectivity index (χ0n) is 11.2. The Bertz CT molecular complexity index is 726. The highest BCUT2D eigenvalue weighted by atomic mass is 16.6. The van der Waals surface area contributed by atoms with Crippen LogP contribution in [-0.4, -0.2) is 15.8 Å². The Morgan fingerprint density at radius 1 is 0.955 bits per heavy atom. The molecule has 0 fully saturated rings. The van der Waals surface area contributed by atoms with Crippen molar-refractivity contribution in [3.8, 4) is 0 Å². The molecular weight excluding hydrogens is 292 g/mol. The third-order valence-electron chi connectivity index (χ3n) is 2.81. The van der Waals surface area contributed by atoms with E-state index >= 15 is 0 Å². The van der Waals surface area contributed by atoms with Crippen LogP contribution in [0.3, 0.4) is 0 Å². The van der Waals surface area contributed by atoms with Gasteiger partial charge in [0.15, 0.2) is 0 Å². The molecule has 0 bridgehead atoms. The number of hydrogen-bond donors (Lipinski definition) is 0. The fraction of sp³-hybridized carbons (Fsp3) is 0.0714. The van der Waals surface area contributed by atoms with Gasteiger partial charge in [-0.1, -0.05) is 6.07 Å². The van der Waals surface area contributed by atoms with Crippen LogP contribution in [0.1, 0.15) is 15.9 Å². The second-order valence-electron chi connectivity index (χ2n) is 4.31. The van der Waals surface area contributed by atoms with Gasteiger partial charge in [0, 0.05) is 24.3 Å². The zero-order valence-corrected chi connectivity index (χ0v) is 11.2. The van der Waals surface area contributed by atoms with E-state index in [9.17, 15) is 25.0 Å². The quantitative estimate of drug-likeness (QED) is 0.476. The number of non-ortho nitro benzene ring substituents is 2. The first-order chi connectivity index (χ1) is 10.5. The summed E-state index contributed by atoms with van der Waals surface area (Å²) < 4.78 is 5.02. The van der Waals surface area contributed by atoms with E-state index in [2.05, 4.69) is 0 Å². The average Bonchev–Trinajstić information content (AvgIpc) is 2.53. The molecule has 0 unspecified atom stereocenters. The molecule has 0 N–H and O–H groups in total. The van der Waals surface area contributed by atoms with E-state index in [1.54, 1.807) is 0 Å². The molecule has 0 aliphatic rings. The molecule has 0 saturated heterocycles. The van der Waals surface area contributed by atoms with Crippen LogP contribution < -0.4 is 0 Å². The lowest BCUT2D eigenvalue weighted by molar-refractivity contribution is -0.385. The minimum atomic E-state index is -0.706. The van der Waals surface area contributed by atoms with Crippen molar-refractivity contribution in [2.75, 3.05) is 0 Å². The van der Waals surface area contributed by atoms with Crippen molar-refractivity contribution in [2.45, 2.75) is 6.61 Å². The van der Waals surface area contributed by atoms with Gasteiger partial charge in [0.05, 0.1) is 15.4 Å². The normalized spacial score (nSPS) is 10.0. The topological polar surface area (TPSA) is 113 Å². The summed E-state index contributed by atoms with van der Waals surface area (Å²) in [6, 6.07) is 10.7. The van der Waals surface area contributed by atoms with Crippen LogP contribution in [0.15, 0.2) is 48.5 Å². The number of benzene rings is 2. The van der Waals surface area contributed by atoms with Gasteiger partial charge in [0.1, 0.15) is 6.61 Å². The summed E-state index contributed by atoms with van der Waals surface area (Å²) in [6.07, 6.45) is 0. The number of nitro groups is 2. The Balaban J connectivity index is 2.02. The van der Waals surface area contributed by atoms with Gasteiger partial charge in [0.2, 0.25) is 0 Å². The van der Waals surface area contributed by atoms with Gasteiger partial charge in [-0.25, -0.2) is 4.79 Å². The summed E-state index contributed by atoms with van der Waals surface area (Å²) in [7, 11) is 0. The maximum absolute atomic E-state index is 11.8. The summed E-state index contributed by atoms with van der Waals surface area (Å²) in [5.41, 5.74) is 0.374. The van der Waals surface area contributed by atoms with Crippen LogP contribution in [-0.2, 0) is 11.3 Å². The smallest absolute Gasteiger partial charge is 0.338 e. The lowest BCUT2D eigenvalue weighted by atomic mass is 10.2. The highest BCUT2D eigenvalue weighted by Gasteiger charge is 2.13. The van der Waals surface area contributed by atoms with E-state index in [1.165, 1.54) is 42.5 Å². The zero-order chi connectivity index (χ0) is 16.1. The van der Waals surface area contributed by atoms with Gasteiger partial charge in [0.25, 0.3) is 11.4 Å². The number of nitro benzene ring substituents is 2. The number of carbonyl (C=O) groups excluding carboxylic acids is 1. The molecule has 0 aliphatic heterocycles. The van der Waals surface area contributed by atoms with Gasteiger partial charge >= 0.3 is 5.97 Å². The Morgan fingerprint density at radius 3 is 2.18 bits per heavy atom. The van der Waals surface area contributed by atoms with Crippen LogP contribution in [0, 0.1) is 20.2 Å². The van der Waals surface area contributed by atoms with Crippen LogP contribution in [0.2, 0.25) is 0 Å². The lowest BCUT2D eigenvalue weighted by Gasteiger charge is -2.05. The van der Waals surface area contributed by atoms with E-state index in [4.69, 9.17) is 4.74 Å². The van der Waals surface area contributed by atoms with Gasteiger partial charge in [-0.05, 0) is 23.8 Å². The van der Waals surface area contributed by atoms with E-state index in [-0.39, 0.29) is 23.5 Å². The molecule has 0 saturated carbocycles. The largest absolute Gasteiger partial charge is 0.457 e. The number of ether oxygens (including phenoxy) is 1. The molecule has 2 aromatic carbocycles. The average molecular weight is 302 g/mol. The minimum Gasteiger partial charge on any atom is -0.457 e. The van der Waals surface area contributed by atoms with Gasteiger partial charge < -0.3 is 4.74 Å². The van der Waals surface area contributed by atoms with Crippen LogP contribution in [0.5, 0.6) is 0 Å². The third-order valence-corrected chi connectivity index (χ3v) is 2.81. The molecule has 0 aromatic heterocycles. The second kappa shape index (κ2) is 6.44. The van der Waals surface area contributed by atoms with Gasteiger partial charge in [-0.15, -0.1) is 0 Å². The Labute approximate surface area is 124 Å². The predicted molar refractivity (Wildman–Crippen MR) is 75.3 cm³/mol. The Hall–Kier alpha value is -3.29. The molecule has 0 atom stereocenters. The molecule has 112 valence electrons. The fourth-order valence-electron chi connectivity index (χ4n) is 1.69. The summed E-state index contributed by atoms with van der Waals surface area (Å²) in [5.74, 6) is -0.706. The molecule has 0 spiro atoms. The number of hydrogen-bond acceptors (Lipinski definition) is 6. The van der Waals surface area contributed by atoms with E-state index in [0.29, 0.717) is 5.56 Å². The van der Waals surface area contributed by atoms with Crippen LogP contribution in [0.4, 0.5) is 11.4 Å². The number of rotatable bonds is 5. The highest BCUT2D eigenvalue weighted by molar-refractivity contribution is 5.90. The summed E-state index contributed by atoms with van der Waals surface area (Å²) in [4.78, 5) is 31.8. The lowest BCUT2D eigenvalue weighted by Crippen LogP contribution is -2.05. The SMILES string of the molecule is O=C(OCc1ccc([N+](=O)[O-])cc1)c1cccc([N+](=O)[O-])c1. The molecule has 22 heavy (non-hydrogen) atoms. The Kier molecular flexibility index (Phi) is 4.42. The molecule has 2 aromatic rings. The molecule has 0 amide bonds. The first-order valence-corrected chi connectivity index (χ1v) is 6.12. The molecular formula is C14H10N2O6. The first-order valence-electron chi connectivity index (χ1n) is 6.12. The number of nitrogens with zero attached hydrogens (tertiary/aromatic N) is 2. The molecule has 0 radical (unpaired) electrons. The molecule has 0 aliphatic carbocycles.